The van der Waals surface area contributed by atoms with Crippen LogP contribution in [-0.4, -0.2) is 24.6 Å². The second kappa shape index (κ2) is 5.34. The van der Waals surface area contributed by atoms with Gasteiger partial charge in [-0.3, -0.25) is 0 Å². The Morgan fingerprint density at radius 2 is 2.36 bits per heavy atom. The summed E-state index contributed by atoms with van der Waals surface area (Å²) in [4.78, 5) is 15.0. The number of methoxy groups -OCH3 is 1. The molecule has 0 amide bonds. The number of rotatable bonds is 4. The zero-order valence-corrected chi connectivity index (χ0v) is 8.41. The van der Waals surface area contributed by atoms with Crippen LogP contribution in [0.4, 0.5) is 0 Å². The summed E-state index contributed by atoms with van der Waals surface area (Å²) in [6.45, 7) is 3.72. The fourth-order valence-electron chi connectivity index (χ4n) is 1.02. The summed E-state index contributed by atoms with van der Waals surface area (Å²) < 4.78 is 4.54. The van der Waals surface area contributed by atoms with Gasteiger partial charge in [0.2, 0.25) is 0 Å². The van der Waals surface area contributed by atoms with Gasteiger partial charge in [-0.1, -0.05) is 13.0 Å². The van der Waals surface area contributed by atoms with Crippen LogP contribution in [0.15, 0.2) is 18.3 Å². The lowest BCUT2D eigenvalue weighted by atomic mass is 10.2. The summed E-state index contributed by atoms with van der Waals surface area (Å²) in [6.07, 6.45) is 1.68. The Hall–Kier alpha value is -1.42. The van der Waals surface area contributed by atoms with Crippen LogP contribution in [-0.2, 0) is 11.3 Å². The van der Waals surface area contributed by atoms with Crippen molar-refractivity contribution in [3.8, 4) is 0 Å². The fraction of sp³-hybridized carbons (Fsp3) is 0.400. The highest BCUT2D eigenvalue weighted by Gasteiger charge is 2.05. The summed E-state index contributed by atoms with van der Waals surface area (Å²) in [5, 5.41) is 3.17. The van der Waals surface area contributed by atoms with Gasteiger partial charge in [0, 0.05) is 12.7 Å². The molecule has 1 N–H and O–H groups in total. The molecule has 0 saturated heterocycles. The Kier molecular flexibility index (Phi) is 4.07. The molecule has 0 aliphatic carbocycles. The van der Waals surface area contributed by atoms with Crippen LogP contribution in [0.1, 0.15) is 23.0 Å². The second-order valence-electron chi connectivity index (χ2n) is 2.82. The lowest BCUT2D eigenvalue weighted by molar-refractivity contribution is 0.0594. The number of nitrogens with zero attached hydrogens (tertiary/aromatic N) is 1. The Morgan fingerprint density at radius 1 is 1.57 bits per heavy atom. The number of pyridine rings is 1. The van der Waals surface area contributed by atoms with E-state index in [0.717, 1.165) is 18.7 Å². The number of hydrogen-bond donors (Lipinski definition) is 1. The van der Waals surface area contributed by atoms with Gasteiger partial charge in [-0.15, -0.1) is 0 Å². The van der Waals surface area contributed by atoms with Crippen LogP contribution in [0.25, 0.3) is 0 Å². The van der Waals surface area contributed by atoms with E-state index in [1.165, 1.54) is 7.11 Å². The lowest BCUT2D eigenvalue weighted by Gasteiger charge is -2.02. The number of ether oxygens (including phenoxy) is 1. The van der Waals surface area contributed by atoms with Crippen LogP contribution in [0, 0.1) is 0 Å². The minimum Gasteiger partial charge on any atom is -0.464 e. The largest absolute Gasteiger partial charge is 0.464 e. The van der Waals surface area contributed by atoms with Gasteiger partial charge in [-0.2, -0.15) is 0 Å². The molecule has 0 saturated carbocycles. The highest BCUT2D eigenvalue weighted by Crippen LogP contribution is 2.01. The van der Waals surface area contributed by atoms with Crippen LogP contribution in [0.2, 0.25) is 0 Å². The van der Waals surface area contributed by atoms with Crippen molar-refractivity contribution in [2.75, 3.05) is 13.7 Å². The molecule has 76 valence electrons. The molecule has 0 unspecified atom stereocenters. The predicted molar refractivity (Wildman–Crippen MR) is 53.0 cm³/mol. The van der Waals surface area contributed by atoms with Crippen molar-refractivity contribution in [1.82, 2.24) is 10.3 Å². The quantitative estimate of drug-likeness (QED) is 0.726. The number of hydrogen-bond acceptors (Lipinski definition) is 4. The van der Waals surface area contributed by atoms with Crippen molar-refractivity contribution in [2.24, 2.45) is 0 Å². The third kappa shape index (κ3) is 2.81. The van der Waals surface area contributed by atoms with Gasteiger partial charge in [0.05, 0.1) is 7.11 Å². The number of esters is 1. The van der Waals surface area contributed by atoms with Crippen molar-refractivity contribution in [3.05, 3.63) is 29.6 Å². The summed E-state index contributed by atoms with van der Waals surface area (Å²) in [5.41, 5.74) is 1.40. The molecule has 1 aromatic heterocycles. The molecule has 0 atom stereocenters. The minimum absolute atomic E-state index is 0.341. The Labute approximate surface area is 83.3 Å². The Bertz CT molecular complexity index is 295. The second-order valence-corrected chi connectivity index (χ2v) is 2.82. The third-order valence-electron chi connectivity index (χ3n) is 1.80. The maximum Gasteiger partial charge on any atom is 0.356 e. The highest BCUT2D eigenvalue weighted by atomic mass is 16.5. The maximum absolute atomic E-state index is 11.0. The molecule has 0 bridgehead atoms. The molecule has 4 nitrogen and oxygen atoms in total. The molecule has 0 radical (unpaired) electrons. The van der Waals surface area contributed by atoms with Gasteiger partial charge in [0.15, 0.2) is 0 Å². The van der Waals surface area contributed by atoms with Gasteiger partial charge in [-0.05, 0) is 18.2 Å². The fourth-order valence-corrected chi connectivity index (χ4v) is 1.02. The van der Waals surface area contributed by atoms with E-state index in [2.05, 4.69) is 15.0 Å². The van der Waals surface area contributed by atoms with Crippen LogP contribution >= 0.6 is 0 Å². The van der Waals surface area contributed by atoms with E-state index in [1.807, 2.05) is 13.0 Å². The van der Waals surface area contributed by atoms with E-state index in [4.69, 9.17) is 0 Å². The SMILES string of the molecule is CCNCc1ccc(C(=O)OC)nc1. The molecule has 0 aliphatic heterocycles. The third-order valence-corrected chi connectivity index (χ3v) is 1.80. The molecular formula is C10H14N2O2. The Balaban J connectivity index is 2.63. The Morgan fingerprint density at radius 3 is 2.86 bits per heavy atom. The average Bonchev–Trinajstić information content (AvgIpc) is 2.26. The first kappa shape index (κ1) is 10.7. The monoisotopic (exact) mass is 194 g/mol. The zero-order valence-electron chi connectivity index (χ0n) is 8.41. The first-order chi connectivity index (χ1) is 6.77. The van der Waals surface area contributed by atoms with Crippen molar-refractivity contribution < 1.29 is 9.53 Å². The molecule has 4 heteroatoms. The van der Waals surface area contributed by atoms with Gasteiger partial charge in [-0.25, -0.2) is 9.78 Å². The standard InChI is InChI=1S/C10H14N2O2/c1-3-11-6-8-4-5-9(12-7-8)10(13)14-2/h4-5,7,11H,3,6H2,1-2H3. The van der Waals surface area contributed by atoms with Crippen molar-refractivity contribution >= 4 is 5.97 Å². The molecule has 1 rings (SSSR count). The molecule has 1 aromatic rings. The van der Waals surface area contributed by atoms with E-state index < -0.39 is 5.97 Å². The molecule has 0 aromatic carbocycles. The summed E-state index contributed by atoms with van der Waals surface area (Å²) in [6, 6.07) is 3.53. The summed E-state index contributed by atoms with van der Waals surface area (Å²) in [7, 11) is 1.34. The van der Waals surface area contributed by atoms with Crippen LogP contribution < -0.4 is 5.32 Å². The van der Waals surface area contributed by atoms with Gasteiger partial charge in [0.1, 0.15) is 5.69 Å². The van der Waals surface area contributed by atoms with Gasteiger partial charge in [0.25, 0.3) is 0 Å². The summed E-state index contributed by atoms with van der Waals surface area (Å²) >= 11 is 0. The van der Waals surface area contributed by atoms with Crippen molar-refractivity contribution in [1.29, 1.82) is 0 Å². The van der Waals surface area contributed by atoms with Crippen LogP contribution in [0.3, 0.4) is 0 Å². The minimum atomic E-state index is -0.403. The van der Waals surface area contributed by atoms with Crippen molar-refractivity contribution in [2.45, 2.75) is 13.5 Å². The van der Waals surface area contributed by atoms with E-state index in [-0.39, 0.29) is 0 Å². The molecule has 14 heavy (non-hydrogen) atoms. The lowest BCUT2D eigenvalue weighted by Crippen LogP contribution is -2.12. The van der Waals surface area contributed by atoms with E-state index in [9.17, 15) is 4.79 Å². The van der Waals surface area contributed by atoms with Crippen LogP contribution in [0.5, 0.6) is 0 Å². The van der Waals surface area contributed by atoms with E-state index >= 15 is 0 Å². The van der Waals surface area contributed by atoms with E-state index in [1.54, 1.807) is 12.3 Å². The number of aromatic nitrogens is 1. The predicted octanol–water partition coefficient (Wildman–Crippen LogP) is 0.978. The average molecular weight is 194 g/mol. The van der Waals surface area contributed by atoms with Gasteiger partial charge >= 0.3 is 5.97 Å². The molecule has 1 heterocycles. The normalized spacial score (nSPS) is 9.86. The number of nitrogens with one attached hydrogen (secondary N) is 1. The number of carbonyl (C=O) groups excluding carboxylic acids is 1. The maximum atomic E-state index is 11.0. The first-order valence-corrected chi connectivity index (χ1v) is 4.52. The van der Waals surface area contributed by atoms with Gasteiger partial charge < -0.3 is 10.1 Å². The smallest absolute Gasteiger partial charge is 0.356 e. The topological polar surface area (TPSA) is 51.2 Å². The molecule has 0 aliphatic rings. The summed E-state index contributed by atoms with van der Waals surface area (Å²) in [5.74, 6) is -0.403. The molecular weight excluding hydrogens is 180 g/mol. The van der Waals surface area contributed by atoms with E-state index in [0.29, 0.717) is 5.69 Å². The zero-order chi connectivity index (χ0) is 10.4. The van der Waals surface area contributed by atoms with Crippen molar-refractivity contribution in [3.63, 3.8) is 0 Å². The number of carbonyl (C=O) groups is 1. The first-order valence-electron chi connectivity index (χ1n) is 4.52. The molecule has 0 spiro atoms. The highest BCUT2D eigenvalue weighted by molar-refractivity contribution is 5.86. The molecule has 0 fully saturated rings.